The largest absolute Gasteiger partial charge is 0.478 e. The van der Waals surface area contributed by atoms with Crippen molar-refractivity contribution in [3.05, 3.63) is 53.2 Å². The van der Waals surface area contributed by atoms with Gasteiger partial charge in [0.25, 0.3) is 5.91 Å². The van der Waals surface area contributed by atoms with E-state index in [2.05, 4.69) is 10.3 Å². The molecule has 0 saturated heterocycles. The lowest BCUT2D eigenvalue weighted by molar-refractivity contribution is 0.102. The fourth-order valence-corrected chi connectivity index (χ4v) is 1.83. The Balaban J connectivity index is 2.13. The number of ether oxygens (including phenoxy) is 1. The third-order valence-corrected chi connectivity index (χ3v) is 3.14. The number of hydrogen-bond acceptors (Lipinski definition) is 3. The van der Waals surface area contributed by atoms with Crippen molar-refractivity contribution in [3.8, 4) is 5.88 Å². The molecule has 1 aromatic carbocycles. The van der Waals surface area contributed by atoms with Gasteiger partial charge in [-0.05, 0) is 44.0 Å². The molecule has 20 heavy (non-hydrogen) atoms. The Hall–Kier alpha value is -2.36. The maximum atomic E-state index is 12.2. The van der Waals surface area contributed by atoms with Gasteiger partial charge in [0, 0.05) is 18.0 Å². The molecule has 0 bridgehead atoms. The standard InChI is InChI=1S/C16H18N2O2/c1-4-20-15-9-8-13(10-17-15)16(19)18-14-7-5-6-11(2)12(14)3/h5-10H,4H2,1-3H3,(H,18,19). The first kappa shape index (κ1) is 14.1. The molecule has 0 spiro atoms. The number of amides is 1. The lowest BCUT2D eigenvalue weighted by Gasteiger charge is -2.10. The van der Waals surface area contributed by atoms with Crippen molar-refractivity contribution in [2.45, 2.75) is 20.8 Å². The summed E-state index contributed by atoms with van der Waals surface area (Å²) in [4.78, 5) is 16.2. The van der Waals surface area contributed by atoms with E-state index in [1.54, 1.807) is 12.1 Å². The number of aryl methyl sites for hydroxylation is 1. The first-order chi connectivity index (χ1) is 9.61. The van der Waals surface area contributed by atoms with Gasteiger partial charge in [-0.15, -0.1) is 0 Å². The smallest absolute Gasteiger partial charge is 0.257 e. The van der Waals surface area contributed by atoms with Crippen molar-refractivity contribution in [2.75, 3.05) is 11.9 Å². The number of aromatic nitrogens is 1. The van der Waals surface area contributed by atoms with Gasteiger partial charge in [0.1, 0.15) is 0 Å². The van der Waals surface area contributed by atoms with Crippen LogP contribution in [-0.4, -0.2) is 17.5 Å². The van der Waals surface area contributed by atoms with Crippen LogP contribution in [0.1, 0.15) is 28.4 Å². The van der Waals surface area contributed by atoms with Gasteiger partial charge in [0.05, 0.1) is 12.2 Å². The molecule has 0 saturated carbocycles. The Kier molecular flexibility index (Phi) is 4.35. The van der Waals surface area contributed by atoms with Gasteiger partial charge in [-0.3, -0.25) is 4.79 Å². The molecule has 4 heteroatoms. The second-order valence-corrected chi connectivity index (χ2v) is 4.52. The van der Waals surface area contributed by atoms with E-state index in [0.29, 0.717) is 18.1 Å². The van der Waals surface area contributed by atoms with Crippen LogP contribution in [-0.2, 0) is 0 Å². The molecule has 0 aliphatic rings. The van der Waals surface area contributed by atoms with Gasteiger partial charge in [-0.1, -0.05) is 12.1 Å². The monoisotopic (exact) mass is 270 g/mol. The van der Waals surface area contributed by atoms with E-state index in [4.69, 9.17) is 4.74 Å². The number of rotatable bonds is 4. The van der Waals surface area contributed by atoms with Crippen molar-refractivity contribution in [1.29, 1.82) is 0 Å². The first-order valence-electron chi connectivity index (χ1n) is 6.58. The third-order valence-electron chi connectivity index (χ3n) is 3.14. The minimum atomic E-state index is -0.172. The molecule has 1 N–H and O–H groups in total. The number of pyridine rings is 1. The van der Waals surface area contributed by atoms with Crippen LogP contribution in [0.3, 0.4) is 0 Å². The number of carbonyl (C=O) groups excluding carboxylic acids is 1. The van der Waals surface area contributed by atoms with Crippen molar-refractivity contribution in [1.82, 2.24) is 4.98 Å². The molecule has 4 nitrogen and oxygen atoms in total. The van der Waals surface area contributed by atoms with E-state index >= 15 is 0 Å². The van der Waals surface area contributed by atoms with Crippen LogP contribution in [0.25, 0.3) is 0 Å². The molecule has 0 aliphatic heterocycles. The van der Waals surface area contributed by atoms with Crippen LogP contribution in [0.2, 0.25) is 0 Å². The predicted molar refractivity (Wildman–Crippen MR) is 79.3 cm³/mol. The fraction of sp³-hybridized carbons (Fsp3) is 0.250. The Bertz CT molecular complexity index is 606. The minimum Gasteiger partial charge on any atom is -0.478 e. The average molecular weight is 270 g/mol. The van der Waals surface area contributed by atoms with Crippen LogP contribution < -0.4 is 10.1 Å². The summed E-state index contributed by atoms with van der Waals surface area (Å²) in [5, 5.41) is 2.90. The molecule has 1 amide bonds. The van der Waals surface area contributed by atoms with Crippen LogP contribution in [0, 0.1) is 13.8 Å². The van der Waals surface area contributed by atoms with Crippen molar-refractivity contribution in [3.63, 3.8) is 0 Å². The Labute approximate surface area is 118 Å². The summed E-state index contributed by atoms with van der Waals surface area (Å²) in [5.41, 5.74) is 3.55. The summed E-state index contributed by atoms with van der Waals surface area (Å²) < 4.78 is 5.25. The number of hydrogen-bond donors (Lipinski definition) is 1. The molecule has 104 valence electrons. The number of anilines is 1. The molecule has 2 aromatic rings. The van der Waals surface area contributed by atoms with Gasteiger partial charge in [0.2, 0.25) is 5.88 Å². The van der Waals surface area contributed by atoms with Gasteiger partial charge >= 0.3 is 0 Å². The van der Waals surface area contributed by atoms with Crippen LogP contribution >= 0.6 is 0 Å². The van der Waals surface area contributed by atoms with E-state index in [1.807, 2.05) is 39.0 Å². The maximum absolute atomic E-state index is 12.2. The summed E-state index contributed by atoms with van der Waals surface area (Å²) in [6.45, 7) is 6.45. The Morgan fingerprint density at radius 1 is 1.25 bits per heavy atom. The SMILES string of the molecule is CCOc1ccc(C(=O)Nc2cccc(C)c2C)cn1. The van der Waals surface area contributed by atoms with E-state index in [0.717, 1.165) is 16.8 Å². The molecule has 0 unspecified atom stereocenters. The number of carbonyl (C=O) groups is 1. The molecule has 2 rings (SSSR count). The van der Waals surface area contributed by atoms with Gasteiger partial charge in [-0.2, -0.15) is 0 Å². The van der Waals surface area contributed by atoms with E-state index in [1.165, 1.54) is 6.20 Å². The summed E-state index contributed by atoms with van der Waals surface area (Å²) in [7, 11) is 0. The van der Waals surface area contributed by atoms with E-state index < -0.39 is 0 Å². The second kappa shape index (κ2) is 6.19. The molecular weight excluding hydrogens is 252 g/mol. The lowest BCUT2D eigenvalue weighted by Crippen LogP contribution is -2.13. The zero-order valence-corrected chi connectivity index (χ0v) is 11.9. The normalized spacial score (nSPS) is 10.2. The quantitative estimate of drug-likeness (QED) is 0.927. The van der Waals surface area contributed by atoms with Crippen LogP contribution in [0.4, 0.5) is 5.69 Å². The highest BCUT2D eigenvalue weighted by Gasteiger charge is 2.09. The highest BCUT2D eigenvalue weighted by atomic mass is 16.5. The summed E-state index contributed by atoms with van der Waals surface area (Å²) in [6, 6.07) is 9.24. The Morgan fingerprint density at radius 2 is 2.05 bits per heavy atom. The molecule has 1 heterocycles. The van der Waals surface area contributed by atoms with Crippen LogP contribution in [0.5, 0.6) is 5.88 Å². The molecule has 1 aromatic heterocycles. The van der Waals surface area contributed by atoms with E-state index in [-0.39, 0.29) is 5.91 Å². The number of nitrogens with one attached hydrogen (secondary N) is 1. The highest BCUT2D eigenvalue weighted by molar-refractivity contribution is 6.04. The zero-order valence-electron chi connectivity index (χ0n) is 11.9. The van der Waals surface area contributed by atoms with Crippen molar-refractivity contribution < 1.29 is 9.53 Å². The molecular formula is C16H18N2O2. The van der Waals surface area contributed by atoms with Crippen molar-refractivity contribution in [2.24, 2.45) is 0 Å². The summed E-state index contributed by atoms with van der Waals surface area (Å²) in [6.07, 6.45) is 1.52. The second-order valence-electron chi connectivity index (χ2n) is 4.52. The first-order valence-corrected chi connectivity index (χ1v) is 6.58. The van der Waals surface area contributed by atoms with E-state index in [9.17, 15) is 4.79 Å². The van der Waals surface area contributed by atoms with Gasteiger partial charge in [-0.25, -0.2) is 4.98 Å². The zero-order chi connectivity index (χ0) is 14.5. The van der Waals surface area contributed by atoms with Gasteiger partial charge in [0.15, 0.2) is 0 Å². The lowest BCUT2D eigenvalue weighted by atomic mass is 10.1. The maximum Gasteiger partial charge on any atom is 0.257 e. The van der Waals surface area contributed by atoms with Crippen LogP contribution in [0.15, 0.2) is 36.5 Å². The number of benzene rings is 1. The Morgan fingerprint density at radius 3 is 2.70 bits per heavy atom. The average Bonchev–Trinajstić information content (AvgIpc) is 2.45. The summed E-state index contributed by atoms with van der Waals surface area (Å²) in [5.74, 6) is 0.352. The topological polar surface area (TPSA) is 51.2 Å². The predicted octanol–water partition coefficient (Wildman–Crippen LogP) is 3.35. The molecule has 0 aliphatic carbocycles. The molecule has 0 atom stereocenters. The van der Waals surface area contributed by atoms with Crippen molar-refractivity contribution >= 4 is 11.6 Å². The third kappa shape index (κ3) is 3.15. The molecule has 0 fully saturated rings. The van der Waals surface area contributed by atoms with Gasteiger partial charge < -0.3 is 10.1 Å². The summed E-state index contributed by atoms with van der Waals surface area (Å²) >= 11 is 0. The highest BCUT2D eigenvalue weighted by Crippen LogP contribution is 2.19. The fourth-order valence-electron chi connectivity index (χ4n) is 1.83. The molecule has 0 radical (unpaired) electrons. The number of nitrogens with zero attached hydrogens (tertiary/aromatic N) is 1. The minimum absolute atomic E-state index is 0.172.